The molecule has 0 atom stereocenters. The molecule has 0 bridgehead atoms. The Balaban J connectivity index is 1.78. The van der Waals surface area contributed by atoms with Crippen LogP contribution in [0.25, 0.3) is 5.69 Å². The molecule has 0 saturated carbocycles. The fourth-order valence-corrected chi connectivity index (χ4v) is 4.57. The van der Waals surface area contributed by atoms with E-state index in [1.807, 2.05) is 30.5 Å². The third kappa shape index (κ3) is 5.55. The van der Waals surface area contributed by atoms with E-state index in [1.54, 1.807) is 12.1 Å². The van der Waals surface area contributed by atoms with Gasteiger partial charge in [-0.05, 0) is 44.2 Å². The summed E-state index contributed by atoms with van der Waals surface area (Å²) in [5.41, 5.74) is 5.15. The largest absolute Gasteiger partial charge is 0.316 e. The van der Waals surface area contributed by atoms with Crippen LogP contribution in [-0.4, -0.2) is 37.9 Å². The van der Waals surface area contributed by atoms with Crippen LogP contribution in [0, 0.1) is 19.7 Å². The van der Waals surface area contributed by atoms with E-state index >= 15 is 0 Å². The molecule has 0 spiro atoms. The lowest BCUT2D eigenvalue weighted by Crippen LogP contribution is -2.39. The lowest BCUT2D eigenvalue weighted by molar-refractivity contribution is -0.119. The number of halogens is 3. The van der Waals surface area contributed by atoms with Gasteiger partial charge in [0.2, 0.25) is 10.0 Å². The first-order valence-corrected chi connectivity index (χ1v) is 12.3. The zero-order valence-corrected chi connectivity index (χ0v) is 20.3. The molecule has 3 rings (SSSR count). The molecule has 1 heterocycles. The lowest BCUT2D eigenvalue weighted by Gasteiger charge is -2.21. The highest BCUT2D eigenvalue weighted by atomic mass is 35.5. The number of sulfonamides is 1. The molecule has 7 nitrogen and oxygen atoms in total. The fraction of sp³-hybridized carbons (Fsp3) is 0.182. The Morgan fingerprint density at radius 1 is 1.18 bits per heavy atom. The summed E-state index contributed by atoms with van der Waals surface area (Å²) in [5, 5.41) is 4.76. The zero-order valence-electron chi connectivity index (χ0n) is 18.0. The number of nitrogens with zero attached hydrogens (tertiary/aromatic N) is 3. The van der Waals surface area contributed by atoms with E-state index < -0.39 is 28.3 Å². The Bertz CT molecular complexity index is 1340. The van der Waals surface area contributed by atoms with Crippen LogP contribution >= 0.6 is 23.2 Å². The first kappa shape index (κ1) is 24.8. The predicted molar refractivity (Wildman–Crippen MR) is 130 cm³/mol. The smallest absolute Gasteiger partial charge is 0.260 e. The molecule has 0 saturated heterocycles. The normalized spacial score (nSPS) is 11.7. The maximum atomic E-state index is 14.1. The van der Waals surface area contributed by atoms with Gasteiger partial charge in [0.15, 0.2) is 0 Å². The quantitative estimate of drug-likeness (QED) is 0.376. The molecular formula is C22H21Cl2FN4O3S. The minimum atomic E-state index is -3.91. The molecular weight excluding hydrogens is 490 g/mol. The summed E-state index contributed by atoms with van der Waals surface area (Å²) < 4.78 is 40.9. The van der Waals surface area contributed by atoms with E-state index in [0.29, 0.717) is 25.6 Å². The van der Waals surface area contributed by atoms with Crippen molar-refractivity contribution in [3.05, 3.63) is 81.3 Å². The van der Waals surface area contributed by atoms with Gasteiger partial charge in [0.25, 0.3) is 5.91 Å². The number of nitrogens with one attached hydrogen (secondary N) is 1. The zero-order chi connectivity index (χ0) is 24.3. The number of benzene rings is 2. The molecule has 1 aromatic heterocycles. The van der Waals surface area contributed by atoms with E-state index in [0.717, 1.165) is 23.7 Å². The number of hydrazone groups is 1. The molecule has 0 fully saturated rings. The third-order valence-electron chi connectivity index (χ3n) is 4.84. The highest BCUT2D eigenvalue weighted by molar-refractivity contribution is 7.92. The number of hydrogen-bond donors (Lipinski definition) is 1. The van der Waals surface area contributed by atoms with Gasteiger partial charge in [-0.3, -0.25) is 9.10 Å². The van der Waals surface area contributed by atoms with Crippen molar-refractivity contribution < 1.29 is 17.6 Å². The summed E-state index contributed by atoms with van der Waals surface area (Å²) in [4.78, 5) is 12.3. The molecule has 1 N–H and O–H groups in total. The maximum absolute atomic E-state index is 14.1. The Hall–Kier alpha value is -2.88. The van der Waals surface area contributed by atoms with Gasteiger partial charge in [0.05, 0.1) is 33.9 Å². The number of carbonyl (C=O) groups excluding carboxylic acids is 1. The van der Waals surface area contributed by atoms with Crippen LogP contribution in [0.15, 0.2) is 53.6 Å². The molecule has 0 aliphatic rings. The SMILES string of the molecule is Cc1cc(/C=N\NC(=O)CN(c2ccccc2F)S(C)(=O)=O)c(C)n1-c1cccc(Cl)c1Cl. The molecule has 2 aromatic carbocycles. The molecule has 174 valence electrons. The second-order valence-corrected chi connectivity index (χ2v) is 9.94. The van der Waals surface area contributed by atoms with Crippen molar-refractivity contribution in [2.24, 2.45) is 5.10 Å². The fourth-order valence-electron chi connectivity index (χ4n) is 3.33. The summed E-state index contributed by atoms with van der Waals surface area (Å²) in [6, 6.07) is 12.5. The average Bonchev–Trinajstić information content (AvgIpc) is 3.01. The number of anilines is 1. The van der Waals surface area contributed by atoms with Crippen LogP contribution in [0.2, 0.25) is 10.0 Å². The number of carbonyl (C=O) groups is 1. The van der Waals surface area contributed by atoms with Crippen molar-refractivity contribution in [3.63, 3.8) is 0 Å². The Morgan fingerprint density at radius 3 is 2.55 bits per heavy atom. The second-order valence-electron chi connectivity index (χ2n) is 7.25. The molecule has 0 aliphatic heterocycles. The van der Waals surface area contributed by atoms with Crippen LogP contribution in [0.4, 0.5) is 10.1 Å². The third-order valence-corrected chi connectivity index (χ3v) is 6.78. The van der Waals surface area contributed by atoms with Crippen molar-refractivity contribution in [2.75, 3.05) is 17.1 Å². The summed E-state index contributed by atoms with van der Waals surface area (Å²) in [6.07, 6.45) is 2.33. The second kappa shape index (κ2) is 9.94. The van der Waals surface area contributed by atoms with Gasteiger partial charge in [-0.25, -0.2) is 18.2 Å². The van der Waals surface area contributed by atoms with Crippen molar-refractivity contribution in [1.29, 1.82) is 0 Å². The van der Waals surface area contributed by atoms with Crippen LogP contribution in [-0.2, 0) is 14.8 Å². The van der Waals surface area contributed by atoms with Gasteiger partial charge >= 0.3 is 0 Å². The molecule has 0 radical (unpaired) electrons. The number of aryl methyl sites for hydroxylation is 1. The molecule has 3 aromatic rings. The number of aromatic nitrogens is 1. The summed E-state index contributed by atoms with van der Waals surface area (Å²) in [7, 11) is -3.91. The summed E-state index contributed by atoms with van der Waals surface area (Å²) in [6.45, 7) is 3.11. The van der Waals surface area contributed by atoms with Gasteiger partial charge in [-0.2, -0.15) is 5.10 Å². The van der Waals surface area contributed by atoms with Crippen LogP contribution < -0.4 is 9.73 Å². The molecule has 0 unspecified atom stereocenters. The van der Waals surface area contributed by atoms with Gasteiger partial charge in [-0.1, -0.05) is 41.4 Å². The number of amides is 1. The van der Waals surface area contributed by atoms with Crippen LogP contribution in [0.3, 0.4) is 0 Å². The van der Waals surface area contributed by atoms with E-state index in [4.69, 9.17) is 23.2 Å². The Labute approximate surface area is 201 Å². The average molecular weight is 511 g/mol. The Kier molecular flexibility index (Phi) is 7.46. The van der Waals surface area contributed by atoms with Gasteiger partial charge in [0.1, 0.15) is 12.4 Å². The minimum Gasteiger partial charge on any atom is -0.316 e. The number of hydrogen-bond acceptors (Lipinski definition) is 4. The lowest BCUT2D eigenvalue weighted by atomic mass is 10.2. The molecule has 11 heteroatoms. The number of para-hydroxylation sites is 1. The van der Waals surface area contributed by atoms with Gasteiger partial charge in [-0.15, -0.1) is 0 Å². The monoisotopic (exact) mass is 510 g/mol. The van der Waals surface area contributed by atoms with E-state index in [2.05, 4.69) is 10.5 Å². The van der Waals surface area contributed by atoms with Crippen molar-refractivity contribution in [3.8, 4) is 5.69 Å². The first-order valence-electron chi connectivity index (χ1n) is 9.68. The van der Waals surface area contributed by atoms with E-state index in [-0.39, 0.29) is 5.69 Å². The van der Waals surface area contributed by atoms with E-state index in [9.17, 15) is 17.6 Å². The minimum absolute atomic E-state index is 0.221. The maximum Gasteiger partial charge on any atom is 0.260 e. The van der Waals surface area contributed by atoms with Crippen LogP contribution in [0.1, 0.15) is 17.0 Å². The van der Waals surface area contributed by atoms with Crippen molar-refractivity contribution in [2.45, 2.75) is 13.8 Å². The van der Waals surface area contributed by atoms with Gasteiger partial charge < -0.3 is 4.57 Å². The summed E-state index contributed by atoms with van der Waals surface area (Å²) in [5.74, 6) is -1.49. The standard InChI is InChI=1S/C22H21Cl2FN4O3S/c1-14-11-16(15(2)29(14)20-10-6-7-17(23)22(20)24)12-26-27-21(30)13-28(33(3,31)32)19-9-5-4-8-18(19)25/h4-12H,13H2,1-3H3,(H,27,30)/b26-12-. The van der Waals surface area contributed by atoms with E-state index in [1.165, 1.54) is 24.4 Å². The highest BCUT2D eigenvalue weighted by Crippen LogP contribution is 2.31. The highest BCUT2D eigenvalue weighted by Gasteiger charge is 2.23. The van der Waals surface area contributed by atoms with Crippen molar-refractivity contribution >= 4 is 51.0 Å². The molecule has 0 aliphatic carbocycles. The predicted octanol–water partition coefficient (Wildman–Crippen LogP) is 4.46. The summed E-state index contributed by atoms with van der Waals surface area (Å²) >= 11 is 12.5. The topological polar surface area (TPSA) is 83.8 Å². The van der Waals surface area contributed by atoms with Crippen LogP contribution in [0.5, 0.6) is 0 Å². The molecule has 1 amide bonds. The Morgan fingerprint density at radius 2 is 1.88 bits per heavy atom. The number of rotatable bonds is 7. The first-order chi connectivity index (χ1) is 15.5. The van der Waals surface area contributed by atoms with Gasteiger partial charge in [0, 0.05) is 17.0 Å². The molecule has 33 heavy (non-hydrogen) atoms. The van der Waals surface area contributed by atoms with Crippen molar-refractivity contribution in [1.82, 2.24) is 9.99 Å².